The lowest BCUT2D eigenvalue weighted by atomic mass is 10.0. The van der Waals surface area contributed by atoms with Crippen molar-refractivity contribution < 1.29 is 4.74 Å². The van der Waals surface area contributed by atoms with Crippen molar-refractivity contribution in [3.63, 3.8) is 0 Å². The zero-order valence-electron chi connectivity index (χ0n) is 12.3. The van der Waals surface area contributed by atoms with Gasteiger partial charge in [0.2, 0.25) is 0 Å². The minimum Gasteiger partial charge on any atom is -0.373 e. The number of ether oxygens (including phenoxy) is 1. The van der Waals surface area contributed by atoms with Gasteiger partial charge in [-0.25, -0.2) is 0 Å². The summed E-state index contributed by atoms with van der Waals surface area (Å²) in [7, 11) is 0. The van der Waals surface area contributed by atoms with Crippen LogP contribution < -0.4 is 5.32 Å². The Hall–Kier alpha value is -0.120. The molecule has 2 aliphatic rings. The van der Waals surface area contributed by atoms with Gasteiger partial charge >= 0.3 is 0 Å². The van der Waals surface area contributed by atoms with Crippen LogP contribution in [0.15, 0.2) is 0 Å². The molecule has 1 aliphatic heterocycles. The van der Waals surface area contributed by atoms with E-state index in [9.17, 15) is 0 Å². The number of nitrogens with one attached hydrogen (secondary N) is 1. The molecule has 1 heterocycles. The molecule has 0 aromatic carbocycles. The van der Waals surface area contributed by atoms with Gasteiger partial charge < -0.3 is 10.1 Å². The van der Waals surface area contributed by atoms with Gasteiger partial charge in [0.05, 0.1) is 12.2 Å². The van der Waals surface area contributed by atoms with Crippen LogP contribution in [0.4, 0.5) is 0 Å². The Morgan fingerprint density at radius 2 is 1.89 bits per heavy atom. The lowest BCUT2D eigenvalue weighted by Gasteiger charge is -2.37. The van der Waals surface area contributed by atoms with Crippen LogP contribution in [0.3, 0.4) is 0 Å². The van der Waals surface area contributed by atoms with Gasteiger partial charge in [-0.15, -0.1) is 0 Å². The molecule has 4 atom stereocenters. The van der Waals surface area contributed by atoms with Crippen molar-refractivity contribution in [2.45, 2.75) is 64.7 Å². The summed E-state index contributed by atoms with van der Waals surface area (Å²) in [6, 6.07) is 0.762. The van der Waals surface area contributed by atoms with Crippen LogP contribution in [-0.4, -0.2) is 49.3 Å². The lowest BCUT2D eigenvalue weighted by Crippen LogP contribution is -2.49. The summed E-state index contributed by atoms with van der Waals surface area (Å²) in [5, 5.41) is 3.74. The van der Waals surface area contributed by atoms with Crippen molar-refractivity contribution in [1.82, 2.24) is 10.2 Å². The Morgan fingerprint density at radius 1 is 1.17 bits per heavy atom. The van der Waals surface area contributed by atoms with Crippen LogP contribution in [0.2, 0.25) is 0 Å². The molecule has 2 unspecified atom stereocenters. The second-order valence-corrected chi connectivity index (χ2v) is 6.23. The molecule has 0 spiro atoms. The van der Waals surface area contributed by atoms with Crippen LogP contribution in [-0.2, 0) is 4.74 Å². The Balaban J connectivity index is 1.80. The molecule has 3 nitrogen and oxygen atoms in total. The van der Waals surface area contributed by atoms with E-state index in [0.29, 0.717) is 12.2 Å². The number of morpholine rings is 1. The summed E-state index contributed by atoms with van der Waals surface area (Å²) in [5.74, 6) is 0.856. The third kappa shape index (κ3) is 3.94. The van der Waals surface area contributed by atoms with Gasteiger partial charge in [0.25, 0.3) is 0 Å². The quantitative estimate of drug-likeness (QED) is 0.814. The highest BCUT2D eigenvalue weighted by Crippen LogP contribution is 2.27. The third-order valence-electron chi connectivity index (χ3n) is 4.30. The van der Waals surface area contributed by atoms with E-state index in [2.05, 4.69) is 31.0 Å². The summed E-state index contributed by atoms with van der Waals surface area (Å²) in [6.45, 7) is 11.3. The fourth-order valence-electron chi connectivity index (χ4n) is 3.62. The highest BCUT2D eigenvalue weighted by molar-refractivity contribution is 4.86. The first-order valence-corrected chi connectivity index (χ1v) is 7.80. The summed E-state index contributed by atoms with van der Waals surface area (Å²) < 4.78 is 5.82. The average Bonchev–Trinajstić information content (AvgIpc) is 2.72. The molecule has 2 fully saturated rings. The van der Waals surface area contributed by atoms with Gasteiger partial charge in [0, 0.05) is 25.7 Å². The minimum atomic E-state index is 0.400. The van der Waals surface area contributed by atoms with E-state index in [1.165, 1.54) is 38.8 Å². The van der Waals surface area contributed by atoms with Gasteiger partial charge in [-0.2, -0.15) is 0 Å². The molecule has 0 aromatic rings. The van der Waals surface area contributed by atoms with Crippen molar-refractivity contribution in [1.29, 1.82) is 0 Å². The first-order valence-electron chi connectivity index (χ1n) is 7.80. The normalized spacial score (nSPS) is 38.2. The zero-order chi connectivity index (χ0) is 13.0. The molecule has 3 heteroatoms. The maximum absolute atomic E-state index is 5.82. The molecule has 1 aliphatic carbocycles. The second kappa shape index (κ2) is 6.88. The summed E-state index contributed by atoms with van der Waals surface area (Å²) in [6.07, 6.45) is 6.23. The minimum absolute atomic E-state index is 0.400. The van der Waals surface area contributed by atoms with Crippen molar-refractivity contribution in [2.75, 3.05) is 26.2 Å². The van der Waals surface area contributed by atoms with Crippen molar-refractivity contribution >= 4 is 0 Å². The second-order valence-electron chi connectivity index (χ2n) is 6.23. The van der Waals surface area contributed by atoms with E-state index in [4.69, 9.17) is 4.74 Å². The van der Waals surface area contributed by atoms with E-state index < -0.39 is 0 Å². The Kier molecular flexibility index (Phi) is 5.46. The SMILES string of the molecule is CCCNC1CCCC1CN1C[C@@H](C)O[C@@H](C)C1. The molecule has 1 saturated carbocycles. The number of rotatable bonds is 5. The van der Waals surface area contributed by atoms with Crippen LogP contribution in [0, 0.1) is 5.92 Å². The van der Waals surface area contributed by atoms with E-state index in [1.54, 1.807) is 0 Å². The van der Waals surface area contributed by atoms with Crippen LogP contribution in [0.25, 0.3) is 0 Å². The highest BCUT2D eigenvalue weighted by atomic mass is 16.5. The average molecular weight is 254 g/mol. The predicted octanol–water partition coefficient (Wildman–Crippen LogP) is 2.26. The number of hydrogen-bond donors (Lipinski definition) is 1. The predicted molar refractivity (Wildman–Crippen MR) is 75.9 cm³/mol. The topological polar surface area (TPSA) is 24.5 Å². The molecule has 2 rings (SSSR count). The smallest absolute Gasteiger partial charge is 0.0678 e. The number of nitrogens with zero attached hydrogens (tertiary/aromatic N) is 1. The fraction of sp³-hybridized carbons (Fsp3) is 1.00. The van der Waals surface area contributed by atoms with Crippen LogP contribution >= 0.6 is 0 Å². The monoisotopic (exact) mass is 254 g/mol. The van der Waals surface area contributed by atoms with E-state index >= 15 is 0 Å². The molecular weight excluding hydrogens is 224 g/mol. The lowest BCUT2D eigenvalue weighted by molar-refractivity contribution is -0.0719. The van der Waals surface area contributed by atoms with Crippen molar-refractivity contribution in [2.24, 2.45) is 5.92 Å². The largest absolute Gasteiger partial charge is 0.373 e. The van der Waals surface area contributed by atoms with Gasteiger partial charge in [0.15, 0.2) is 0 Å². The van der Waals surface area contributed by atoms with Gasteiger partial charge in [-0.1, -0.05) is 13.3 Å². The molecule has 0 amide bonds. The highest BCUT2D eigenvalue weighted by Gasteiger charge is 2.30. The molecule has 18 heavy (non-hydrogen) atoms. The summed E-state index contributed by atoms with van der Waals surface area (Å²) in [4.78, 5) is 2.62. The first-order chi connectivity index (χ1) is 8.69. The van der Waals surface area contributed by atoms with Crippen molar-refractivity contribution in [3.8, 4) is 0 Å². The Labute approximate surface area is 112 Å². The van der Waals surface area contributed by atoms with E-state index in [1.807, 2.05) is 0 Å². The molecule has 0 aromatic heterocycles. The molecule has 106 valence electrons. The van der Waals surface area contributed by atoms with Crippen LogP contribution in [0.1, 0.15) is 46.5 Å². The Bertz CT molecular complexity index is 237. The third-order valence-corrected chi connectivity index (χ3v) is 4.30. The fourth-order valence-corrected chi connectivity index (χ4v) is 3.62. The van der Waals surface area contributed by atoms with Gasteiger partial charge in [0.1, 0.15) is 0 Å². The summed E-state index contributed by atoms with van der Waals surface area (Å²) >= 11 is 0. The zero-order valence-corrected chi connectivity index (χ0v) is 12.3. The maximum atomic E-state index is 5.82. The molecule has 1 saturated heterocycles. The summed E-state index contributed by atoms with van der Waals surface area (Å²) in [5.41, 5.74) is 0. The number of hydrogen-bond acceptors (Lipinski definition) is 3. The molecule has 0 bridgehead atoms. The standard InChI is InChI=1S/C15H30N2O/c1-4-8-16-15-7-5-6-14(15)11-17-9-12(2)18-13(3)10-17/h12-16H,4-11H2,1-3H3/t12-,13+,14?,15?. The van der Waals surface area contributed by atoms with E-state index in [0.717, 1.165) is 25.0 Å². The van der Waals surface area contributed by atoms with Gasteiger partial charge in [-0.05, 0) is 45.6 Å². The van der Waals surface area contributed by atoms with Crippen LogP contribution in [0.5, 0.6) is 0 Å². The van der Waals surface area contributed by atoms with Gasteiger partial charge in [-0.3, -0.25) is 4.90 Å². The molecular formula is C15H30N2O. The van der Waals surface area contributed by atoms with Crippen molar-refractivity contribution in [3.05, 3.63) is 0 Å². The maximum Gasteiger partial charge on any atom is 0.0678 e. The molecule has 1 N–H and O–H groups in total. The molecule has 0 radical (unpaired) electrons. The van der Waals surface area contributed by atoms with E-state index in [-0.39, 0.29) is 0 Å². The Morgan fingerprint density at radius 3 is 2.56 bits per heavy atom. The first kappa shape index (κ1) is 14.3.